The predicted octanol–water partition coefficient (Wildman–Crippen LogP) is 5.93. The molecule has 3 aromatic rings. The minimum atomic E-state index is -4.50. The second kappa shape index (κ2) is 9.77. The summed E-state index contributed by atoms with van der Waals surface area (Å²) < 4.78 is 38.6. The van der Waals surface area contributed by atoms with Gasteiger partial charge in [-0.3, -0.25) is 9.59 Å². The van der Waals surface area contributed by atoms with E-state index in [1.165, 1.54) is 24.3 Å². The monoisotopic (exact) mass is 455 g/mol. The molecule has 3 aromatic carbocycles. The molecule has 0 fully saturated rings. The van der Waals surface area contributed by atoms with Crippen LogP contribution in [0.2, 0.25) is 0 Å². The second-order valence-corrected chi connectivity index (χ2v) is 7.79. The molecule has 0 atom stereocenters. The number of carbonyl (C=O) groups excluding carboxylic acids is 2. The maximum atomic E-state index is 12.9. The highest BCUT2D eigenvalue weighted by molar-refractivity contribution is 6.05. The first-order valence-electron chi connectivity index (χ1n) is 10.2. The zero-order chi connectivity index (χ0) is 24.2. The van der Waals surface area contributed by atoms with Gasteiger partial charge in [0.25, 0.3) is 5.91 Å². The van der Waals surface area contributed by atoms with Crippen LogP contribution in [0.4, 0.5) is 30.2 Å². The molecule has 0 aliphatic carbocycles. The molecule has 3 N–H and O–H groups in total. The second-order valence-electron chi connectivity index (χ2n) is 7.79. The van der Waals surface area contributed by atoms with Gasteiger partial charge < -0.3 is 16.0 Å². The molecule has 33 heavy (non-hydrogen) atoms. The molecule has 0 heterocycles. The maximum absolute atomic E-state index is 12.9. The summed E-state index contributed by atoms with van der Waals surface area (Å²) in [5.74, 6) is -0.808. The molecule has 2 amide bonds. The highest BCUT2D eigenvalue weighted by Crippen LogP contribution is 2.30. The van der Waals surface area contributed by atoms with Crippen LogP contribution in [0, 0.1) is 20.8 Å². The first-order chi connectivity index (χ1) is 15.5. The fraction of sp³-hybridized carbons (Fsp3) is 0.200. The molecular formula is C25H24F3N3O2. The van der Waals surface area contributed by atoms with Gasteiger partial charge in [0, 0.05) is 22.6 Å². The van der Waals surface area contributed by atoms with Crippen molar-refractivity contribution in [3.05, 3.63) is 88.5 Å². The van der Waals surface area contributed by atoms with Crippen molar-refractivity contribution < 1.29 is 22.8 Å². The molecule has 172 valence electrons. The third kappa shape index (κ3) is 6.35. The van der Waals surface area contributed by atoms with E-state index in [2.05, 4.69) is 16.0 Å². The Hall–Kier alpha value is -3.81. The van der Waals surface area contributed by atoms with Crippen molar-refractivity contribution in [3.8, 4) is 0 Å². The van der Waals surface area contributed by atoms with Gasteiger partial charge in [-0.1, -0.05) is 29.8 Å². The van der Waals surface area contributed by atoms with Crippen molar-refractivity contribution in [2.45, 2.75) is 26.9 Å². The Morgan fingerprint density at radius 1 is 0.818 bits per heavy atom. The summed E-state index contributed by atoms with van der Waals surface area (Å²) in [4.78, 5) is 24.9. The van der Waals surface area contributed by atoms with Gasteiger partial charge >= 0.3 is 6.18 Å². The Bertz CT molecular complexity index is 1170. The minimum absolute atomic E-state index is 0.0224. The van der Waals surface area contributed by atoms with E-state index < -0.39 is 17.6 Å². The summed E-state index contributed by atoms with van der Waals surface area (Å²) in [5.41, 5.74) is 3.77. The molecule has 0 unspecified atom stereocenters. The fourth-order valence-electron chi connectivity index (χ4n) is 3.49. The molecule has 0 saturated heterocycles. The molecule has 0 saturated carbocycles. The molecule has 3 rings (SSSR count). The molecule has 0 aromatic heterocycles. The first-order valence-corrected chi connectivity index (χ1v) is 10.2. The molecule has 0 radical (unpaired) electrons. The van der Waals surface area contributed by atoms with Gasteiger partial charge in [-0.2, -0.15) is 13.2 Å². The average molecular weight is 455 g/mol. The van der Waals surface area contributed by atoms with E-state index in [0.29, 0.717) is 5.69 Å². The third-order valence-electron chi connectivity index (χ3n) is 4.97. The summed E-state index contributed by atoms with van der Waals surface area (Å²) in [6, 6.07) is 14.8. The highest BCUT2D eigenvalue weighted by atomic mass is 19.4. The van der Waals surface area contributed by atoms with E-state index in [1.807, 2.05) is 32.9 Å². The van der Waals surface area contributed by atoms with Crippen LogP contribution in [0.3, 0.4) is 0 Å². The lowest BCUT2D eigenvalue weighted by Crippen LogP contribution is -2.23. The van der Waals surface area contributed by atoms with Gasteiger partial charge in [0.2, 0.25) is 5.91 Å². The number of hydrogen-bond acceptors (Lipinski definition) is 3. The zero-order valence-electron chi connectivity index (χ0n) is 18.4. The van der Waals surface area contributed by atoms with E-state index in [-0.39, 0.29) is 23.7 Å². The predicted molar refractivity (Wildman–Crippen MR) is 124 cm³/mol. The van der Waals surface area contributed by atoms with Crippen LogP contribution in [0.1, 0.15) is 32.6 Å². The van der Waals surface area contributed by atoms with Crippen molar-refractivity contribution in [1.82, 2.24) is 0 Å². The van der Waals surface area contributed by atoms with Gasteiger partial charge in [0.1, 0.15) is 0 Å². The molecule has 0 aliphatic rings. The Kier molecular flexibility index (Phi) is 7.06. The standard InChI is InChI=1S/C25H24F3N3O2/c1-15-10-16(2)23(17(3)11-15)31-22(32)14-29-20-8-4-6-18(12-20)24(33)30-21-9-5-7-19(13-21)25(26,27)28/h4-13,29H,14H2,1-3H3,(H,30,33)(H,31,32). The van der Waals surface area contributed by atoms with E-state index in [0.717, 1.165) is 34.5 Å². The minimum Gasteiger partial charge on any atom is -0.376 e. The van der Waals surface area contributed by atoms with Gasteiger partial charge in [-0.15, -0.1) is 0 Å². The Balaban J connectivity index is 1.63. The Morgan fingerprint density at radius 2 is 1.45 bits per heavy atom. The number of benzene rings is 3. The average Bonchev–Trinajstić information content (AvgIpc) is 2.74. The normalized spacial score (nSPS) is 11.1. The van der Waals surface area contributed by atoms with Crippen molar-refractivity contribution in [2.75, 3.05) is 22.5 Å². The van der Waals surface area contributed by atoms with Crippen molar-refractivity contribution >= 4 is 28.9 Å². The zero-order valence-corrected chi connectivity index (χ0v) is 18.4. The van der Waals surface area contributed by atoms with Crippen LogP contribution in [-0.4, -0.2) is 18.4 Å². The smallest absolute Gasteiger partial charge is 0.376 e. The van der Waals surface area contributed by atoms with E-state index >= 15 is 0 Å². The maximum Gasteiger partial charge on any atom is 0.416 e. The number of aryl methyl sites for hydroxylation is 3. The van der Waals surface area contributed by atoms with Crippen molar-refractivity contribution in [1.29, 1.82) is 0 Å². The molecule has 0 spiro atoms. The lowest BCUT2D eigenvalue weighted by Gasteiger charge is -2.14. The van der Waals surface area contributed by atoms with E-state index in [4.69, 9.17) is 0 Å². The van der Waals surface area contributed by atoms with E-state index in [9.17, 15) is 22.8 Å². The lowest BCUT2D eigenvalue weighted by molar-refractivity contribution is -0.137. The Morgan fingerprint density at radius 3 is 2.12 bits per heavy atom. The van der Waals surface area contributed by atoms with Crippen LogP contribution in [0.5, 0.6) is 0 Å². The fourth-order valence-corrected chi connectivity index (χ4v) is 3.49. The van der Waals surface area contributed by atoms with Gasteiger partial charge in [-0.05, 0) is 68.3 Å². The van der Waals surface area contributed by atoms with Crippen LogP contribution in [0.25, 0.3) is 0 Å². The number of anilines is 3. The summed E-state index contributed by atoms with van der Waals surface area (Å²) in [6.07, 6.45) is -4.50. The number of hydrogen-bond donors (Lipinski definition) is 3. The van der Waals surface area contributed by atoms with Crippen molar-refractivity contribution in [2.24, 2.45) is 0 Å². The largest absolute Gasteiger partial charge is 0.416 e. The third-order valence-corrected chi connectivity index (χ3v) is 4.97. The van der Waals surface area contributed by atoms with Crippen molar-refractivity contribution in [3.63, 3.8) is 0 Å². The van der Waals surface area contributed by atoms with Gasteiger partial charge in [0.05, 0.1) is 12.1 Å². The highest BCUT2D eigenvalue weighted by Gasteiger charge is 2.30. The molecule has 8 heteroatoms. The number of carbonyl (C=O) groups is 2. The summed E-state index contributed by atoms with van der Waals surface area (Å²) in [6.45, 7) is 5.82. The number of halogens is 3. The number of rotatable bonds is 6. The topological polar surface area (TPSA) is 70.2 Å². The summed E-state index contributed by atoms with van der Waals surface area (Å²) in [7, 11) is 0. The molecular weight excluding hydrogens is 431 g/mol. The van der Waals surface area contributed by atoms with Gasteiger partial charge in [-0.25, -0.2) is 0 Å². The summed E-state index contributed by atoms with van der Waals surface area (Å²) >= 11 is 0. The SMILES string of the molecule is Cc1cc(C)c(NC(=O)CNc2cccc(C(=O)Nc3cccc(C(F)(F)F)c3)c2)c(C)c1. The van der Waals surface area contributed by atoms with Crippen LogP contribution < -0.4 is 16.0 Å². The number of nitrogens with one attached hydrogen (secondary N) is 3. The quantitative estimate of drug-likeness (QED) is 0.431. The number of amides is 2. The Labute approximate surface area is 190 Å². The molecule has 5 nitrogen and oxygen atoms in total. The number of alkyl halides is 3. The van der Waals surface area contributed by atoms with E-state index in [1.54, 1.807) is 12.1 Å². The summed E-state index contributed by atoms with van der Waals surface area (Å²) in [5, 5.41) is 8.32. The molecule has 0 bridgehead atoms. The van der Waals surface area contributed by atoms with Gasteiger partial charge in [0.15, 0.2) is 0 Å². The van der Waals surface area contributed by atoms with Crippen LogP contribution in [-0.2, 0) is 11.0 Å². The van der Waals surface area contributed by atoms with Crippen LogP contribution >= 0.6 is 0 Å². The van der Waals surface area contributed by atoms with Crippen LogP contribution in [0.15, 0.2) is 60.7 Å². The molecule has 0 aliphatic heterocycles. The lowest BCUT2D eigenvalue weighted by atomic mass is 10.1. The first kappa shape index (κ1) is 23.8.